The fraction of sp³-hybridized carbons (Fsp3) is 0.231. The summed E-state index contributed by atoms with van der Waals surface area (Å²) in [6.45, 7) is 3.87. The quantitative estimate of drug-likeness (QED) is 0.880. The molecule has 6 nitrogen and oxygen atoms in total. The fourth-order valence-corrected chi connectivity index (χ4v) is 3.41. The fourth-order valence-electron chi connectivity index (χ4n) is 1.66. The topological polar surface area (TPSA) is 88.2 Å². The highest BCUT2D eigenvalue weighted by Gasteiger charge is 2.15. The minimum atomic E-state index is -3.58. The Morgan fingerprint density at radius 2 is 2.14 bits per heavy atom. The third kappa shape index (κ3) is 3.87. The molecule has 0 aliphatic carbocycles. The van der Waals surface area contributed by atoms with Crippen LogP contribution in [-0.4, -0.2) is 25.9 Å². The van der Waals surface area contributed by atoms with E-state index in [0.717, 1.165) is 4.88 Å². The molecule has 8 heteroatoms. The summed E-state index contributed by atoms with van der Waals surface area (Å²) < 4.78 is 26.2. The van der Waals surface area contributed by atoms with Crippen LogP contribution in [0.1, 0.15) is 22.2 Å². The number of hydrogen-bond acceptors (Lipinski definition) is 5. The second-order valence-corrected chi connectivity index (χ2v) is 7.26. The van der Waals surface area contributed by atoms with E-state index in [9.17, 15) is 13.2 Å². The molecule has 1 aromatic heterocycles. The lowest BCUT2D eigenvalue weighted by Gasteiger charge is -2.06. The van der Waals surface area contributed by atoms with Crippen molar-refractivity contribution in [2.75, 3.05) is 11.9 Å². The summed E-state index contributed by atoms with van der Waals surface area (Å²) in [4.78, 5) is 17.2. The molecule has 0 unspecified atom stereocenters. The first kappa shape index (κ1) is 15.6. The minimum absolute atomic E-state index is 0.0623. The summed E-state index contributed by atoms with van der Waals surface area (Å²) in [7, 11) is -3.58. The predicted molar refractivity (Wildman–Crippen MR) is 82.1 cm³/mol. The van der Waals surface area contributed by atoms with Crippen molar-refractivity contribution >= 4 is 32.4 Å². The number of rotatable bonds is 5. The van der Waals surface area contributed by atoms with Gasteiger partial charge in [0.1, 0.15) is 0 Å². The highest BCUT2D eigenvalue weighted by molar-refractivity contribution is 7.89. The largest absolute Gasteiger partial charge is 0.298 e. The Hall–Kier alpha value is -1.77. The van der Waals surface area contributed by atoms with Gasteiger partial charge in [-0.05, 0) is 25.1 Å². The van der Waals surface area contributed by atoms with Gasteiger partial charge in [-0.25, -0.2) is 18.1 Å². The van der Waals surface area contributed by atoms with Gasteiger partial charge in [0, 0.05) is 23.2 Å². The van der Waals surface area contributed by atoms with E-state index in [2.05, 4.69) is 15.0 Å². The molecule has 2 rings (SSSR count). The van der Waals surface area contributed by atoms with Gasteiger partial charge < -0.3 is 0 Å². The highest BCUT2D eigenvalue weighted by atomic mass is 32.2. The molecule has 0 fully saturated rings. The Bertz CT molecular complexity index is 754. The first-order valence-corrected chi connectivity index (χ1v) is 8.56. The van der Waals surface area contributed by atoms with Crippen molar-refractivity contribution in [3.05, 3.63) is 40.9 Å². The van der Waals surface area contributed by atoms with Crippen molar-refractivity contribution < 1.29 is 13.2 Å². The van der Waals surface area contributed by atoms with Crippen LogP contribution in [0, 0.1) is 6.92 Å². The van der Waals surface area contributed by atoms with E-state index in [4.69, 9.17) is 0 Å². The van der Waals surface area contributed by atoms with Crippen LogP contribution in [0.5, 0.6) is 0 Å². The molecule has 2 aromatic rings. The average Bonchev–Trinajstić information content (AvgIpc) is 2.84. The summed E-state index contributed by atoms with van der Waals surface area (Å²) in [5, 5.41) is 3.13. The number of benzene rings is 1. The lowest BCUT2D eigenvalue weighted by molar-refractivity contribution is 0.102. The normalized spacial score (nSPS) is 11.3. The predicted octanol–water partition coefficient (Wildman–Crippen LogP) is 2.00. The van der Waals surface area contributed by atoms with Crippen LogP contribution in [0.25, 0.3) is 0 Å². The van der Waals surface area contributed by atoms with Crippen LogP contribution in [0.2, 0.25) is 0 Å². The molecule has 2 N–H and O–H groups in total. The van der Waals surface area contributed by atoms with Gasteiger partial charge in [-0.3, -0.25) is 10.1 Å². The molecule has 0 aliphatic heterocycles. The molecule has 112 valence electrons. The first-order valence-electron chi connectivity index (χ1n) is 6.26. The molecular formula is C13H15N3O3S2. The van der Waals surface area contributed by atoms with Gasteiger partial charge in [0.25, 0.3) is 5.91 Å². The standard InChI is InChI=1S/C13H15N3O3S2/c1-3-15-21(18,19)11-6-4-5-10(7-11)12(17)16-13-14-8-9(2)20-13/h4-8,15H,3H2,1-2H3,(H,14,16,17). The molecule has 1 heterocycles. The van der Waals surface area contributed by atoms with E-state index >= 15 is 0 Å². The molecule has 1 aromatic carbocycles. The molecule has 0 spiro atoms. The van der Waals surface area contributed by atoms with E-state index in [1.807, 2.05) is 6.92 Å². The smallest absolute Gasteiger partial charge is 0.257 e. The lowest BCUT2D eigenvalue weighted by atomic mass is 10.2. The van der Waals surface area contributed by atoms with Crippen molar-refractivity contribution in [3.8, 4) is 0 Å². The van der Waals surface area contributed by atoms with Crippen LogP contribution in [0.15, 0.2) is 35.4 Å². The SMILES string of the molecule is CCNS(=O)(=O)c1cccc(C(=O)Nc2ncc(C)s2)c1. The van der Waals surface area contributed by atoms with Gasteiger partial charge >= 0.3 is 0 Å². The molecule has 1 amide bonds. The van der Waals surface area contributed by atoms with E-state index in [-0.39, 0.29) is 17.0 Å². The molecule has 0 saturated heterocycles. The van der Waals surface area contributed by atoms with Gasteiger partial charge in [0.2, 0.25) is 10.0 Å². The summed E-state index contributed by atoms with van der Waals surface area (Å²) in [6.07, 6.45) is 1.66. The van der Waals surface area contributed by atoms with E-state index in [0.29, 0.717) is 5.13 Å². The van der Waals surface area contributed by atoms with Crippen molar-refractivity contribution in [1.29, 1.82) is 0 Å². The summed E-state index contributed by atoms with van der Waals surface area (Å²) >= 11 is 1.35. The maximum absolute atomic E-state index is 12.1. The Kier molecular flexibility index (Phi) is 4.71. The third-order valence-corrected chi connectivity index (χ3v) is 4.95. The van der Waals surface area contributed by atoms with Crippen LogP contribution < -0.4 is 10.0 Å². The number of amides is 1. The second kappa shape index (κ2) is 6.33. The molecule has 21 heavy (non-hydrogen) atoms. The molecule has 0 bridgehead atoms. The number of anilines is 1. The zero-order chi connectivity index (χ0) is 15.5. The van der Waals surface area contributed by atoms with Gasteiger partial charge in [0.15, 0.2) is 5.13 Å². The Labute approximate surface area is 127 Å². The van der Waals surface area contributed by atoms with Crippen molar-refractivity contribution in [2.24, 2.45) is 0 Å². The van der Waals surface area contributed by atoms with Crippen LogP contribution in [0.3, 0.4) is 0 Å². The molecular weight excluding hydrogens is 310 g/mol. The van der Waals surface area contributed by atoms with Gasteiger partial charge in [-0.1, -0.05) is 13.0 Å². The Balaban J connectivity index is 2.23. The molecule has 0 radical (unpaired) electrons. The number of thiazole rings is 1. The molecule has 0 aliphatic rings. The summed E-state index contributed by atoms with van der Waals surface area (Å²) in [6, 6.07) is 5.88. The summed E-state index contributed by atoms with van der Waals surface area (Å²) in [5.41, 5.74) is 0.266. The number of aromatic nitrogens is 1. The van der Waals surface area contributed by atoms with Crippen molar-refractivity contribution in [1.82, 2.24) is 9.71 Å². The maximum atomic E-state index is 12.1. The molecule has 0 saturated carbocycles. The van der Waals surface area contributed by atoms with Gasteiger partial charge in [-0.15, -0.1) is 11.3 Å². The monoisotopic (exact) mass is 325 g/mol. The number of sulfonamides is 1. The van der Waals surface area contributed by atoms with E-state index in [1.165, 1.54) is 29.5 Å². The first-order chi connectivity index (χ1) is 9.92. The number of carbonyl (C=O) groups excluding carboxylic acids is 1. The summed E-state index contributed by atoms with van der Waals surface area (Å²) in [5.74, 6) is -0.391. The second-order valence-electron chi connectivity index (χ2n) is 4.26. The average molecular weight is 325 g/mol. The highest BCUT2D eigenvalue weighted by Crippen LogP contribution is 2.18. The maximum Gasteiger partial charge on any atom is 0.257 e. The Morgan fingerprint density at radius 3 is 2.76 bits per heavy atom. The molecule has 0 atom stereocenters. The van der Waals surface area contributed by atoms with Crippen LogP contribution >= 0.6 is 11.3 Å². The van der Waals surface area contributed by atoms with Gasteiger partial charge in [-0.2, -0.15) is 0 Å². The van der Waals surface area contributed by atoms with E-state index < -0.39 is 15.9 Å². The minimum Gasteiger partial charge on any atom is -0.298 e. The van der Waals surface area contributed by atoms with Crippen molar-refractivity contribution in [2.45, 2.75) is 18.7 Å². The number of hydrogen-bond donors (Lipinski definition) is 2. The number of aryl methyl sites for hydroxylation is 1. The number of carbonyl (C=O) groups is 1. The number of nitrogens with one attached hydrogen (secondary N) is 2. The zero-order valence-corrected chi connectivity index (χ0v) is 13.2. The van der Waals surface area contributed by atoms with Gasteiger partial charge in [0.05, 0.1) is 4.90 Å². The Morgan fingerprint density at radius 1 is 1.38 bits per heavy atom. The van der Waals surface area contributed by atoms with Crippen LogP contribution in [-0.2, 0) is 10.0 Å². The lowest BCUT2D eigenvalue weighted by Crippen LogP contribution is -2.23. The number of nitrogens with zero attached hydrogens (tertiary/aromatic N) is 1. The van der Waals surface area contributed by atoms with E-state index in [1.54, 1.807) is 19.2 Å². The third-order valence-electron chi connectivity index (χ3n) is 2.58. The zero-order valence-electron chi connectivity index (χ0n) is 11.6. The van der Waals surface area contributed by atoms with Crippen molar-refractivity contribution in [3.63, 3.8) is 0 Å². The van der Waals surface area contributed by atoms with Crippen LogP contribution in [0.4, 0.5) is 5.13 Å².